The standard InChI is InChI=1S/C14H22N2O3S/c1-14(2,3)11-9-20-12(15-11)8-16-4-5-19-10(7-16)6-13(17)18/h9-10H,4-8H2,1-3H3,(H,17,18). The van der Waals surface area contributed by atoms with Gasteiger partial charge in [-0.1, -0.05) is 20.8 Å². The summed E-state index contributed by atoms with van der Waals surface area (Å²) in [5, 5.41) is 12.0. The number of carboxylic acid groups (broad SMARTS) is 1. The van der Waals surface area contributed by atoms with Gasteiger partial charge in [-0.05, 0) is 0 Å². The summed E-state index contributed by atoms with van der Waals surface area (Å²) in [6.45, 7) is 9.34. The van der Waals surface area contributed by atoms with E-state index in [1.165, 1.54) is 0 Å². The van der Waals surface area contributed by atoms with Gasteiger partial charge in [0.15, 0.2) is 0 Å². The van der Waals surface area contributed by atoms with Gasteiger partial charge < -0.3 is 9.84 Å². The Morgan fingerprint density at radius 1 is 1.60 bits per heavy atom. The number of carboxylic acids is 1. The smallest absolute Gasteiger partial charge is 0.306 e. The Morgan fingerprint density at radius 3 is 2.95 bits per heavy atom. The van der Waals surface area contributed by atoms with Crippen LogP contribution in [0.4, 0.5) is 0 Å². The Bertz CT molecular complexity index is 467. The third kappa shape index (κ3) is 4.26. The van der Waals surface area contributed by atoms with E-state index in [9.17, 15) is 4.79 Å². The number of rotatable bonds is 4. The molecule has 1 atom stereocenters. The van der Waals surface area contributed by atoms with Gasteiger partial charge in [0.25, 0.3) is 0 Å². The predicted molar refractivity (Wildman–Crippen MR) is 78.1 cm³/mol. The van der Waals surface area contributed by atoms with Gasteiger partial charge in [0, 0.05) is 23.9 Å². The van der Waals surface area contributed by atoms with Crippen LogP contribution in [0, 0.1) is 0 Å². The second-order valence-electron chi connectivity index (χ2n) is 6.20. The van der Waals surface area contributed by atoms with Crippen molar-refractivity contribution in [2.45, 2.75) is 45.3 Å². The van der Waals surface area contributed by atoms with Gasteiger partial charge in [0.1, 0.15) is 5.01 Å². The summed E-state index contributed by atoms with van der Waals surface area (Å²) in [5.41, 5.74) is 1.19. The van der Waals surface area contributed by atoms with Crippen molar-refractivity contribution in [3.05, 3.63) is 16.1 Å². The van der Waals surface area contributed by atoms with Crippen molar-refractivity contribution in [2.75, 3.05) is 19.7 Å². The molecule has 1 aliphatic rings. The Balaban J connectivity index is 1.92. The van der Waals surface area contributed by atoms with Crippen LogP contribution >= 0.6 is 11.3 Å². The molecule has 0 bridgehead atoms. The van der Waals surface area contributed by atoms with Crippen LogP contribution in [0.2, 0.25) is 0 Å². The van der Waals surface area contributed by atoms with Crippen LogP contribution in [-0.4, -0.2) is 46.8 Å². The second kappa shape index (κ2) is 6.20. The first-order chi connectivity index (χ1) is 9.34. The molecule has 2 rings (SSSR count). The van der Waals surface area contributed by atoms with Crippen molar-refractivity contribution in [3.8, 4) is 0 Å². The third-order valence-electron chi connectivity index (χ3n) is 3.30. The van der Waals surface area contributed by atoms with Crippen molar-refractivity contribution in [3.63, 3.8) is 0 Å². The molecule has 0 radical (unpaired) electrons. The van der Waals surface area contributed by atoms with Crippen LogP contribution in [0.3, 0.4) is 0 Å². The average Bonchev–Trinajstić information content (AvgIpc) is 2.76. The van der Waals surface area contributed by atoms with Gasteiger partial charge in [0.2, 0.25) is 0 Å². The Hall–Kier alpha value is -0.980. The van der Waals surface area contributed by atoms with E-state index in [2.05, 4.69) is 36.0 Å². The largest absolute Gasteiger partial charge is 0.481 e. The Kier molecular flexibility index (Phi) is 4.78. The van der Waals surface area contributed by atoms with Crippen molar-refractivity contribution >= 4 is 17.3 Å². The van der Waals surface area contributed by atoms with Crippen LogP contribution in [0.1, 0.15) is 37.9 Å². The summed E-state index contributed by atoms with van der Waals surface area (Å²) in [4.78, 5) is 17.6. The minimum Gasteiger partial charge on any atom is -0.481 e. The molecular weight excluding hydrogens is 276 g/mol. The fourth-order valence-electron chi connectivity index (χ4n) is 2.16. The van der Waals surface area contributed by atoms with Crippen LogP contribution in [0.25, 0.3) is 0 Å². The van der Waals surface area contributed by atoms with Gasteiger partial charge >= 0.3 is 5.97 Å². The monoisotopic (exact) mass is 298 g/mol. The maximum Gasteiger partial charge on any atom is 0.306 e. The number of morpholine rings is 1. The molecule has 1 aromatic heterocycles. The highest BCUT2D eigenvalue weighted by Gasteiger charge is 2.24. The third-order valence-corrected chi connectivity index (χ3v) is 4.14. The predicted octanol–water partition coefficient (Wildman–Crippen LogP) is 2.12. The molecule has 1 aliphatic heterocycles. The fraction of sp³-hybridized carbons (Fsp3) is 0.714. The molecule has 0 saturated carbocycles. The van der Waals surface area contributed by atoms with Crippen LogP contribution in [0.15, 0.2) is 5.38 Å². The van der Waals surface area contributed by atoms with E-state index in [4.69, 9.17) is 9.84 Å². The number of nitrogens with zero attached hydrogens (tertiary/aromatic N) is 2. The van der Waals surface area contributed by atoms with Gasteiger partial charge in [0.05, 0.1) is 31.4 Å². The highest BCUT2D eigenvalue weighted by molar-refractivity contribution is 7.09. The van der Waals surface area contributed by atoms with Crippen molar-refractivity contribution in [2.24, 2.45) is 0 Å². The number of thiazole rings is 1. The van der Waals surface area contributed by atoms with Gasteiger partial charge in [-0.25, -0.2) is 4.98 Å². The molecule has 6 heteroatoms. The fourth-order valence-corrected chi connectivity index (χ4v) is 3.22. The quantitative estimate of drug-likeness (QED) is 0.922. The first-order valence-corrected chi connectivity index (χ1v) is 7.73. The topological polar surface area (TPSA) is 62.7 Å². The van der Waals surface area contributed by atoms with Crippen LogP contribution < -0.4 is 0 Å². The van der Waals surface area contributed by atoms with Gasteiger partial charge in [-0.2, -0.15) is 0 Å². The highest BCUT2D eigenvalue weighted by atomic mass is 32.1. The van der Waals surface area contributed by atoms with Gasteiger partial charge in [-0.15, -0.1) is 11.3 Å². The maximum atomic E-state index is 10.7. The van der Waals surface area contributed by atoms with E-state index < -0.39 is 5.97 Å². The van der Waals surface area contributed by atoms with E-state index in [1.807, 2.05) is 0 Å². The summed E-state index contributed by atoms with van der Waals surface area (Å²) in [5.74, 6) is -0.805. The van der Waals surface area contributed by atoms with E-state index in [0.29, 0.717) is 13.2 Å². The lowest BCUT2D eigenvalue weighted by Crippen LogP contribution is -2.42. The molecule has 1 saturated heterocycles. The summed E-state index contributed by atoms with van der Waals surface area (Å²) >= 11 is 1.68. The molecule has 0 amide bonds. The molecule has 112 valence electrons. The molecular formula is C14H22N2O3S. The van der Waals surface area contributed by atoms with Crippen molar-refractivity contribution in [1.82, 2.24) is 9.88 Å². The number of carbonyl (C=O) groups is 1. The minimum atomic E-state index is -0.805. The molecule has 20 heavy (non-hydrogen) atoms. The summed E-state index contributed by atoms with van der Waals surface area (Å²) < 4.78 is 5.48. The maximum absolute atomic E-state index is 10.7. The molecule has 1 N–H and O–H groups in total. The number of hydrogen-bond acceptors (Lipinski definition) is 5. The van der Waals surface area contributed by atoms with Crippen molar-refractivity contribution < 1.29 is 14.6 Å². The number of aromatic nitrogens is 1. The van der Waals surface area contributed by atoms with Crippen LogP contribution in [-0.2, 0) is 21.5 Å². The lowest BCUT2D eigenvalue weighted by molar-refractivity contribution is -0.142. The average molecular weight is 298 g/mol. The zero-order valence-corrected chi connectivity index (χ0v) is 13.1. The van der Waals surface area contributed by atoms with E-state index in [-0.39, 0.29) is 17.9 Å². The molecule has 1 fully saturated rings. The lowest BCUT2D eigenvalue weighted by atomic mass is 9.93. The second-order valence-corrected chi connectivity index (χ2v) is 7.14. The van der Waals surface area contributed by atoms with E-state index in [1.54, 1.807) is 11.3 Å². The first-order valence-electron chi connectivity index (χ1n) is 6.85. The zero-order chi connectivity index (χ0) is 14.8. The van der Waals surface area contributed by atoms with Crippen LogP contribution in [0.5, 0.6) is 0 Å². The summed E-state index contributed by atoms with van der Waals surface area (Å²) in [6, 6.07) is 0. The van der Waals surface area contributed by atoms with E-state index >= 15 is 0 Å². The SMILES string of the molecule is CC(C)(C)c1csc(CN2CCOC(CC(=O)O)C2)n1. The molecule has 2 heterocycles. The van der Waals surface area contributed by atoms with E-state index in [0.717, 1.165) is 23.8 Å². The Morgan fingerprint density at radius 2 is 2.35 bits per heavy atom. The number of hydrogen-bond donors (Lipinski definition) is 1. The number of ether oxygens (including phenoxy) is 1. The molecule has 0 aromatic carbocycles. The molecule has 1 unspecified atom stereocenters. The zero-order valence-electron chi connectivity index (χ0n) is 12.3. The molecule has 0 spiro atoms. The van der Waals surface area contributed by atoms with Crippen molar-refractivity contribution in [1.29, 1.82) is 0 Å². The normalized spacial score (nSPS) is 21.1. The molecule has 0 aliphatic carbocycles. The molecule has 1 aromatic rings. The summed E-state index contributed by atoms with van der Waals surface area (Å²) in [7, 11) is 0. The Labute approximate surface area is 123 Å². The lowest BCUT2D eigenvalue weighted by Gasteiger charge is -2.31. The summed E-state index contributed by atoms with van der Waals surface area (Å²) in [6.07, 6.45) is -0.134. The highest BCUT2D eigenvalue weighted by Crippen LogP contribution is 2.25. The molecule has 5 nitrogen and oxygen atoms in total. The minimum absolute atomic E-state index is 0.0710. The number of aliphatic carboxylic acids is 1. The first kappa shape index (κ1) is 15.4. The van der Waals surface area contributed by atoms with Gasteiger partial charge in [-0.3, -0.25) is 9.69 Å².